The van der Waals surface area contributed by atoms with Crippen LogP contribution in [0.2, 0.25) is 0 Å². The van der Waals surface area contributed by atoms with Crippen molar-refractivity contribution in [2.24, 2.45) is 18.7 Å². The van der Waals surface area contributed by atoms with Crippen LogP contribution in [0.25, 0.3) is 0 Å². The minimum absolute atomic E-state index is 0.117. The van der Waals surface area contributed by atoms with Gasteiger partial charge in [0.25, 0.3) is 0 Å². The minimum atomic E-state index is -0.117. The van der Waals surface area contributed by atoms with Crippen molar-refractivity contribution in [3.05, 3.63) is 5.82 Å². The quantitative estimate of drug-likeness (QED) is 0.712. The van der Waals surface area contributed by atoms with Crippen LogP contribution in [-0.4, -0.2) is 14.8 Å². The van der Waals surface area contributed by atoms with Gasteiger partial charge in [-0.25, -0.2) is 4.68 Å². The van der Waals surface area contributed by atoms with Gasteiger partial charge >= 0.3 is 0 Å². The molecule has 74 valence electrons. The lowest BCUT2D eigenvalue weighted by atomic mass is 10.00. The van der Waals surface area contributed by atoms with Crippen molar-refractivity contribution in [2.45, 2.75) is 26.3 Å². The Bertz CT molecular complexity index is 261. The van der Waals surface area contributed by atoms with Crippen LogP contribution < -0.4 is 11.5 Å². The standard InChI is InChI=1S/C8H17N5/c1-4-5(2)6(9)7-11-8(10)13(3)12-7/h5-6H,4,9H2,1-3H3,(H2,10,11,12)/t5-,6-/m0/s1. The molecule has 2 atom stereocenters. The molecule has 0 saturated heterocycles. The second-order valence-electron chi connectivity index (χ2n) is 3.36. The first-order chi connectivity index (χ1) is 6.06. The Morgan fingerprint density at radius 1 is 1.54 bits per heavy atom. The molecule has 1 aromatic rings. The number of nitrogens with zero attached hydrogens (tertiary/aromatic N) is 3. The molecule has 0 fully saturated rings. The topological polar surface area (TPSA) is 82.7 Å². The monoisotopic (exact) mass is 183 g/mol. The predicted molar refractivity (Wildman–Crippen MR) is 51.8 cm³/mol. The van der Waals surface area contributed by atoms with E-state index in [0.29, 0.717) is 17.7 Å². The molecule has 0 aromatic carbocycles. The number of anilines is 1. The van der Waals surface area contributed by atoms with Gasteiger partial charge in [-0.15, -0.1) is 0 Å². The lowest BCUT2D eigenvalue weighted by Crippen LogP contribution is -2.20. The summed E-state index contributed by atoms with van der Waals surface area (Å²) in [4.78, 5) is 4.08. The number of hydrogen-bond donors (Lipinski definition) is 2. The van der Waals surface area contributed by atoms with Crippen LogP contribution in [0, 0.1) is 5.92 Å². The normalized spacial score (nSPS) is 15.7. The maximum atomic E-state index is 5.94. The van der Waals surface area contributed by atoms with Gasteiger partial charge in [-0.05, 0) is 5.92 Å². The number of aromatic nitrogens is 3. The summed E-state index contributed by atoms with van der Waals surface area (Å²) >= 11 is 0. The van der Waals surface area contributed by atoms with Crippen molar-refractivity contribution in [3.63, 3.8) is 0 Å². The van der Waals surface area contributed by atoms with Crippen LogP contribution in [0.1, 0.15) is 32.1 Å². The largest absolute Gasteiger partial charge is 0.368 e. The van der Waals surface area contributed by atoms with Gasteiger partial charge in [0.05, 0.1) is 6.04 Å². The Labute approximate surface area is 78.1 Å². The molecule has 5 heteroatoms. The molecule has 0 aliphatic heterocycles. The summed E-state index contributed by atoms with van der Waals surface area (Å²) in [6.45, 7) is 4.17. The van der Waals surface area contributed by atoms with Gasteiger partial charge in [-0.1, -0.05) is 20.3 Å². The van der Waals surface area contributed by atoms with Crippen LogP contribution in [-0.2, 0) is 7.05 Å². The SMILES string of the molecule is CC[C@H](C)[C@H](N)c1nc(N)n(C)n1. The zero-order chi connectivity index (χ0) is 10.0. The third-order valence-corrected chi connectivity index (χ3v) is 2.37. The maximum Gasteiger partial charge on any atom is 0.218 e. The van der Waals surface area contributed by atoms with Crippen molar-refractivity contribution < 1.29 is 0 Å². The second kappa shape index (κ2) is 3.74. The van der Waals surface area contributed by atoms with Gasteiger partial charge in [-0.3, -0.25) is 0 Å². The highest BCUT2D eigenvalue weighted by atomic mass is 15.4. The highest BCUT2D eigenvalue weighted by Crippen LogP contribution is 2.19. The molecule has 0 spiro atoms. The number of rotatable bonds is 3. The van der Waals surface area contributed by atoms with Crippen molar-refractivity contribution in [1.82, 2.24) is 14.8 Å². The first-order valence-corrected chi connectivity index (χ1v) is 4.48. The molecule has 0 bridgehead atoms. The lowest BCUT2D eigenvalue weighted by molar-refractivity contribution is 0.437. The van der Waals surface area contributed by atoms with E-state index in [0.717, 1.165) is 6.42 Å². The molecule has 0 radical (unpaired) electrons. The summed E-state index contributed by atoms with van der Waals surface area (Å²) in [6.07, 6.45) is 1.01. The molecule has 0 amide bonds. The van der Waals surface area contributed by atoms with Crippen LogP contribution in [0.3, 0.4) is 0 Å². The van der Waals surface area contributed by atoms with E-state index >= 15 is 0 Å². The van der Waals surface area contributed by atoms with E-state index in [2.05, 4.69) is 23.9 Å². The predicted octanol–water partition coefficient (Wildman–Crippen LogP) is 0.443. The van der Waals surface area contributed by atoms with Crippen molar-refractivity contribution in [1.29, 1.82) is 0 Å². The Morgan fingerprint density at radius 2 is 2.15 bits per heavy atom. The second-order valence-corrected chi connectivity index (χ2v) is 3.36. The van der Waals surface area contributed by atoms with Gasteiger partial charge in [0.1, 0.15) is 0 Å². The van der Waals surface area contributed by atoms with Gasteiger partial charge in [0.2, 0.25) is 5.95 Å². The van der Waals surface area contributed by atoms with Gasteiger partial charge in [0.15, 0.2) is 5.82 Å². The zero-order valence-corrected chi connectivity index (χ0v) is 8.36. The maximum absolute atomic E-state index is 5.94. The fraction of sp³-hybridized carbons (Fsp3) is 0.750. The summed E-state index contributed by atoms with van der Waals surface area (Å²) in [5.41, 5.74) is 11.5. The number of nitrogen functional groups attached to an aromatic ring is 1. The highest BCUT2D eigenvalue weighted by Gasteiger charge is 2.18. The van der Waals surface area contributed by atoms with Crippen LogP contribution >= 0.6 is 0 Å². The van der Waals surface area contributed by atoms with E-state index in [1.165, 1.54) is 4.68 Å². The molecule has 5 nitrogen and oxygen atoms in total. The van der Waals surface area contributed by atoms with E-state index in [4.69, 9.17) is 11.5 Å². The number of aryl methyl sites for hydroxylation is 1. The Balaban J connectivity index is 2.82. The summed E-state index contributed by atoms with van der Waals surface area (Å²) < 4.78 is 1.54. The fourth-order valence-corrected chi connectivity index (χ4v) is 1.07. The average molecular weight is 183 g/mol. The molecule has 0 aliphatic carbocycles. The molecule has 0 unspecified atom stereocenters. The molecule has 1 rings (SSSR count). The molecule has 1 heterocycles. The van der Waals surface area contributed by atoms with E-state index in [9.17, 15) is 0 Å². The molecular weight excluding hydrogens is 166 g/mol. The Morgan fingerprint density at radius 3 is 2.54 bits per heavy atom. The van der Waals surface area contributed by atoms with Crippen LogP contribution in [0.5, 0.6) is 0 Å². The summed E-state index contributed by atoms with van der Waals surface area (Å²) in [5.74, 6) is 1.42. The summed E-state index contributed by atoms with van der Waals surface area (Å²) in [7, 11) is 1.76. The first kappa shape index (κ1) is 9.98. The smallest absolute Gasteiger partial charge is 0.218 e. The zero-order valence-electron chi connectivity index (χ0n) is 8.36. The third-order valence-electron chi connectivity index (χ3n) is 2.37. The highest BCUT2D eigenvalue weighted by molar-refractivity contribution is 5.16. The minimum Gasteiger partial charge on any atom is -0.368 e. The summed E-state index contributed by atoms with van der Waals surface area (Å²) in [6, 6.07) is -0.117. The van der Waals surface area contributed by atoms with Gasteiger partial charge in [0, 0.05) is 7.05 Å². The molecule has 0 saturated carbocycles. The molecule has 4 N–H and O–H groups in total. The first-order valence-electron chi connectivity index (χ1n) is 4.48. The average Bonchev–Trinajstić information content (AvgIpc) is 2.44. The Hall–Kier alpha value is -1.10. The molecule has 13 heavy (non-hydrogen) atoms. The van der Waals surface area contributed by atoms with Gasteiger partial charge in [-0.2, -0.15) is 10.1 Å². The van der Waals surface area contributed by atoms with E-state index in [1.807, 2.05) is 0 Å². The Kier molecular flexibility index (Phi) is 2.87. The van der Waals surface area contributed by atoms with Crippen molar-refractivity contribution in [3.8, 4) is 0 Å². The van der Waals surface area contributed by atoms with E-state index in [-0.39, 0.29) is 6.04 Å². The third kappa shape index (κ3) is 1.98. The van der Waals surface area contributed by atoms with Gasteiger partial charge < -0.3 is 11.5 Å². The van der Waals surface area contributed by atoms with E-state index in [1.54, 1.807) is 7.05 Å². The van der Waals surface area contributed by atoms with Crippen LogP contribution in [0.4, 0.5) is 5.95 Å². The summed E-state index contributed by atoms with van der Waals surface area (Å²) in [5, 5.41) is 4.13. The van der Waals surface area contributed by atoms with Crippen molar-refractivity contribution in [2.75, 3.05) is 5.73 Å². The lowest BCUT2D eigenvalue weighted by Gasteiger charge is -2.13. The number of hydrogen-bond acceptors (Lipinski definition) is 4. The fourth-order valence-electron chi connectivity index (χ4n) is 1.07. The molecule has 0 aliphatic rings. The molecule has 1 aromatic heterocycles. The van der Waals surface area contributed by atoms with E-state index < -0.39 is 0 Å². The number of nitrogens with two attached hydrogens (primary N) is 2. The van der Waals surface area contributed by atoms with Crippen LogP contribution in [0.15, 0.2) is 0 Å². The molecular formula is C8H17N5. The van der Waals surface area contributed by atoms with Crippen molar-refractivity contribution >= 4 is 5.95 Å².